The fourth-order valence-electron chi connectivity index (χ4n) is 11.3. The Morgan fingerprint density at radius 2 is 0.948 bits per heavy atom. The van der Waals surface area contributed by atoms with Gasteiger partial charge in [-0.3, -0.25) is 28.4 Å². The molecule has 6 N–H and O–H groups in total. The molecule has 0 radical (unpaired) electrons. The van der Waals surface area contributed by atoms with Gasteiger partial charge < -0.3 is 16.0 Å². The van der Waals surface area contributed by atoms with Crippen molar-refractivity contribution in [3.63, 3.8) is 0 Å². The summed E-state index contributed by atoms with van der Waals surface area (Å²) in [6, 6.07) is 18.8. The summed E-state index contributed by atoms with van der Waals surface area (Å²) in [6.07, 6.45) is 4.93. The van der Waals surface area contributed by atoms with E-state index in [1.807, 2.05) is 106 Å². The van der Waals surface area contributed by atoms with Gasteiger partial charge in [0.15, 0.2) is 0 Å². The van der Waals surface area contributed by atoms with Gasteiger partial charge in [0.2, 0.25) is 17.7 Å². The van der Waals surface area contributed by atoms with Gasteiger partial charge in [0, 0.05) is 118 Å². The van der Waals surface area contributed by atoms with Gasteiger partial charge in [0.05, 0.1) is 80.5 Å². The number of halogens is 6. The number of aromatic nitrogens is 6. The van der Waals surface area contributed by atoms with Crippen LogP contribution in [0.1, 0.15) is 74.8 Å². The average molecular weight is 1500 g/mol. The number of likely N-dealkylation sites (N-methyl/N-ethyl adjacent to an activating group) is 3. The number of nitrogens with one attached hydrogen (secondary N) is 6. The summed E-state index contributed by atoms with van der Waals surface area (Å²) in [4.78, 5) is 44.1. The summed E-state index contributed by atoms with van der Waals surface area (Å²) in [6.45, 7) is 7.94. The number of rotatable bonds is 12. The molecule has 0 aliphatic carbocycles. The molecule has 3 unspecified atom stereocenters. The van der Waals surface area contributed by atoms with Crippen LogP contribution in [0.15, 0.2) is 103 Å². The highest BCUT2D eigenvalue weighted by Gasteiger charge is 2.41. The molecule has 3 amide bonds. The highest BCUT2D eigenvalue weighted by Crippen LogP contribution is 2.41. The molecule has 6 aromatic heterocycles. The van der Waals surface area contributed by atoms with E-state index in [2.05, 4.69) is 63.0 Å². The second-order valence-electron chi connectivity index (χ2n) is 23.6. The van der Waals surface area contributed by atoms with Gasteiger partial charge in [-0.2, -0.15) is 15.3 Å². The standard InChI is InChI=1S/C22H25ClFN5O2S2.2C21H23ClFN5O2S2/c1-12-21(13(2)28(3)26-12)20-9-8-19(32-20)17-11-18(29(4)33(5,31)27-17)22(30)25-14-6-7-16(24)15(23)10-14;1-12-15(10-24-27(12)2)13-7-20(31-11-13)18-9-19(28(3)32(4,30)26-18)21(29)25-14-5-6-17(23)16(22)8-14;1-12-14(11-27(2)25-12)19-7-8-20(31-19)17-10-18(28(3)32(4,30)26-17)21(29)24-13-5-6-16(23)15(22)9-13/h6-10,17-18H,5,11H2,1-4H3,(H,25,30)(H,27,31);5-8,10-11,18-19H,4,9H2,1-3H3,(H,25,29)(H,26,30);5-9,11,17-18H,4,10H2,1-3H3,(H,24,29)(H,26,30)/t17-,18+,33?;18-,19+,32?;17-,18+,32?/m111/s1. The van der Waals surface area contributed by atoms with Gasteiger partial charge in [0.25, 0.3) is 0 Å². The SMILES string of the molecule is C=S1(=O)N[C@@H](c2cc(-c3cnn(C)c3C)cs2)C[C@@H](C(=O)Nc2ccc(F)c(Cl)c2)N1C.C=S1(=O)N[C@@H](c2ccc(-c3c(C)nn(C)c3C)s2)C[C@@H](C(=O)Nc2ccc(F)c(Cl)c2)N1C.C=S1(=O)N[C@@H](c2ccc(-c3cn(C)nc3C)s2)C[C@@H](C(=O)Nc2ccc(F)c(Cl)c2)N1C. The number of amides is 3. The third-order valence-electron chi connectivity index (χ3n) is 17.0. The van der Waals surface area contributed by atoms with Crippen LogP contribution < -0.4 is 30.1 Å². The molecule has 33 heteroatoms. The smallest absolute Gasteiger partial charge is 0.242 e. The molecule has 12 rings (SSSR count). The Morgan fingerprint density at radius 3 is 1.32 bits per heavy atom. The summed E-state index contributed by atoms with van der Waals surface area (Å²) >= 11 is 22.1. The van der Waals surface area contributed by atoms with E-state index in [1.54, 1.807) is 48.5 Å². The predicted octanol–water partition coefficient (Wildman–Crippen LogP) is 11.6. The van der Waals surface area contributed by atoms with E-state index >= 15 is 0 Å². The lowest BCUT2D eigenvalue weighted by Gasteiger charge is -2.39. The predicted molar refractivity (Wildman–Crippen MR) is 391 cm³/mol. The van der Waals surface area contributed by atoms with Gasteiger partial charge >= 0.3 is 0 Å². The Hall–Kier alpha value is -6.72. The molecule has 3 saturated heterocycles. The Labute approximate surface area is 589 Å². The summed E-state index contributed by atoms with van der Waals surface area (Å²) in [5.74, 6) is 8.67. The van der Waals surface area contributed by atoms with Crippen molar-refractivity contribution < 1.29 is 40.2 Å². The van der Waals surface area contributed by atoms with Gasteiger partial charge in [-0.1, -0.05) is 34.8 Å². The molecule has 9 aromatic rings. The quantitative estimate of drug-likeness (QED) is 0.0637. The Balaban J connectivity index is 0.000000158. The van der Waals surface area contributed by atoms with Crippen molar-refractivity contribution in [3.05, 3.63) is 173 Å². The van der Waals surface area contributed by atoms with E-state index in [1.165, 1.54) is 78.8 Å². The highest BCUT2D eigenvalue weighted by molar-refractivity contribution is 7.97. The van der Waals surface area contributed by atoms with E-state index in [0.29, 0.717) is 36.3 Å². The van der Waals surface area contributed by atoms with E-state index in [0.717, 1.165) is 69.4 Å². The molecule has 3 aromatic carbocycles. The number of benzene rings is 3. The van der Waals surface area contributed by atoms with Gasteiger partial charge in [0.1, 0.15) is 35.6 Å². The van der Waals surface area contributed by atoms with Crippen molar-refractivity contribution in [1.29, 1.82) is 0 Å². The first kappa shape index (κ1) is 73.0. The molecule has 3 fully saturated rings. The summed E-state index contributed by atoms with van der Waals surface area (Å²) in [5, 5.41) is 23.2. The van der Waals surface area contributed by atoms with Crippen LogP contribution in [0.2, 0.25) is 15.1 Å². The first-order chi connectivity index (χ1) is 45.6. The van der Waals surface area contributed by atoms with Crippen LogP contribution in [0.3, 0.4) is 0 Å². The second-order valence-corrected chi connectivity index (χ2v) is 34.2. The maximum absolute atomic E-state index is 13.5. The Kier molecular flexibility index (Phi) is 22.0. The molecule has 3 aliphatic heterocycles. The first-order valence-electron chi connectivity index (χ1n) is 29.8. The normalized spacial score (nSPS) is 23.8. The van der Waals surface area contributed by atoms with Crippen molar-refractivity contribution in [2.24, 2.45) is 21.1 Å². The number of thiophene rings is 3. The van der Waals surface area contributed by atoms with Gasteiger partial charge in [-0.25, -0.2) is 52.9 Å². The van der Waals surface area contributed by atoms with Crippen LogP contribution in [0.5, 0.6) is 0 Å². The number of aryl methyl sites for hydroxylation is 5. The van der Waals surface area contributed by atoms with E-state index < -0.39 is 65.3 Å². The Bertz CT molecular complexity index is 4710. The molecular weight excluding hydrogens is 1430 g/mol. The third kappa shape index (κ3) is 16.1. The summed E-state index contributed by atoms with van der Waals surface area (Å²) in [7, 11) is 1.78. The molecule has 9 atom stereocenters. The average Bonchev–Trinajstić information content (AvgIpc) is 1.76. The van der Waals surface area contributed by atoms with Gasteiger partial charge in [-0.05, 0) is 160 Å². The molecule has 0 saturated carbocycles. The van der Waals surface area contributed by atoms with E-state index in [4.69, 9.17) is 34.8 Å². The lowest BCUT2D eigenvalue weighted by molar-refractivity contribution is -0.120. The number of carbonyl (C=O) groups excluding carboxylic acids is 3. The summed E-state index contributed by atoms with van der Waals surface area (Å²) in [5.41, 5.74) is 9.24. The maximum Gasteiger partial charge on any atom is 0.242 e. The molecule has 0 bridgehead atoms. The molecule has 0 spiro atoms. The lowest BCUT2D eigenvalue weighted by atomic mass is 10.0. The number of hydrogen-bond donors (Lipinski definition) is 6. The monoisotopic (exact) mass is 1500 g/mol. The van der Waals surface area contributed by atoms with E-state index in [9.17, 15) is 40.2 Å². The first-order valence-corrected chi connectivity index (χ1v) is 38.5. The molecular formula is C64H71Cl3F3N15O6S6. The van der Waals surface area contributed by atoms with Crippen molar-refractivity contribution in [3.8, 4) is 32.0 Å². The summed E-state index contributed by atoms with van der Waals surface area (Å²) < 4.78 is 98.9. The van der Waals surface area contributed by atoms with Crippen LogP contribution in [0.4, 0.5) is 30.2 Å². The van der Waals surface area contributed by atoms with Crippen LogP contribution in [0.25, 0.3) is 32.0 Å². The van der Waals surface area contributed by atoms with Crippen molar-refractivity contribution in [2.45, 2.75) is 83.2 Å². The van der Waals surface area contributed by atoms with Crippen LogP contribution in [0, 0.1) is 45.1 Å². The number of anilines is 3. The third-order valence-corrected chi connectivity index (χ3v) is 26.9. The van der Waals surface area contributed by atoms with E-state index in [-0.39, 0.29) is 50.9 Å². The number of hydrogen-bond acceptors (Lipinski definition) is 12. The zero-order valence-corrected chi connectivity index (χ0v) is 61.4. The number of carbonyl (C=O) groups is 3. The largest absolute Gasteiger partial charge is 0.325 e. The minimum Gasteiger partial charge on any atom is -0.325 e. The molecule has 3 aliphatic rings. The van der Waals surface area contributed by atoms with Crippen molar-refractivity contribution in [2.75, 3.05) is 37.1 Å². The van der Waals surface area contributed by atoms with Gasteiger partial charge in [-0.15, -0.1) is 34.0 Å². The zero-order chi connectivity index (χ0) is 70.5. The molecule has 9 heterocycles. The zero-order valence-electron chi connectivity index (χ0n) is 54.2. The van der Waals surface area contributed by atoms with Crippen molar-refractivity contribution in [1.82, 2.24) is 56.4 Å². The highest BCUT2D eigenvalue weighted by atomic mass is 35.5. The van der Waals surface area contributed by atoms with Crippen molar-refractivity contribution >= 4 is 151 Å². The Morgan fingerprint density at radius 1 is 0.536 bits per heavy atom. The second kappa shape index (κ2) is 29.2. The fraction of sp³-hybridized carbons (Fsp3) is 0.297. The molecule has 21 nitrogen and oxygen atoms in total. The maximum atomic E-state index is 13.5. The minimum absolute atomic E-state index is 0.0857. The molecule has 516 valence electrons. The minimum atomic E-state index is -2.90. The van der Waals surface area contributed by atoms with Crippen LogP contribution in [-0.4, -0.2) is 129 Å². The number of nitrogens with zero attached hydrogens (tertiary/aromatic N) is 9. The molecule has 97 heavy (non-hydrogen) atoms. The fourth-order valence-corrected chi connectivity index (χ4v) is 19.7. The topological polar surface area (TPSA) is 238 Å². The lowest BCUT2D eigenvalue weighted by Crippen LogP contribution is -2.55. The van der Waals surface area contributed by atoms with Crippen LogP contribution >= 0.6 is 68.8 Å². The van der Waals surface area contributed by atoms with Crippen LogP contribution in [-0.2, 0) is 65.2 Å².